The molecule has 0 saturated heterocycles. The number of amides is 2. The van der Waals surface area contributed by atoms with Crippen LogP contribution in [-0.2, 0) is 6.42 Å². The number of urea groups is 1. The normalized spacial score (nSPS) is 10.1. The summed E-state index contributed by atoms with van der Waals surface area (Å²) in [6.07, 6.45) is 3.63. The van der Waals surface area contributed by atoms with E-state index in [0.717, 1.165) is 12.8 Å². The number of rotatable bonds is 6. The average Bonchev–Trinajstić information content (AvgIpc) is 2.52. The Kier molecular flexibility index (Phi) is 6.03. The molecule has 2 amide bonds. The first-order valence-electron chi connectivity index (χ1n) is 7.05. The van der Waals surface area contributed by atoms with Gasteiger partial charge in [0.15, 0.2) is 6.73 Å². The second-order valence-electron chi connectivity index (χ2n) is 4.68. The molecule has 116 valence electrons. The number of carbonyl (C=O) groups is 1. The lowest BCUT2D eigenvalue weighted by Crippen LogP contribution is -2.32. The van der Waals surface area contributed by atoms with E-state index in [-0.39, 0.29) is 6.73 Å². The van der Waals surface area contributed by atoms with Crippen molar-refractivity contribution in [1.29, 1.82) is 0 Å². The highest BCUT2D eigenvalue weighted by Gasteiger charge is 2.02. The minimum atomic E-state index is -0.391. The molecule has 0 unspecified atom stereocenters. The van der Waals surface area contributed by atoms with Gasteiger partial charge in [0.25, 0.3) is 0 Å². The van der Waals surface area contributed by atoms with Crippen LogP contribution in [0.4, 0.5) is 10.6 Å². The molecule has 1 aromatic heterocycles. The standard InChI is InChI=1S/C16H18ClN3O2/c1-2-3-12-4-7-14(8-5-12)22-11-19-16(21)20-15-9-6-13(17)10-18-15/h4-10H,2-3,11H2,1H3,(H2,18,19,20,21). The summed E-state index contributed by atoms with van der Waals surface area (Å²) < 4.78 is 5.45. The third kappa shape index (κ3) is 5.26. The molecule has 0 fully saturated rings. The van der Waals surface area contributed by atoms with E-state index in [9.17, 15) is 4.79 Å². The molecule has 1 aromatic carbocycles. The summed E-state index contributed by atoms with van der Waals surface area (Å²) in [4.78, 5) is 15.6. The van der Waals surface area contributed by atoms with Gasteiger partial charge >= 0.3 is 6.03 Å². The zero-order chi connectivity index (χ0) is 15.8. The number of halogens is 1. The molecule has 6 heteroatoms. The molecule has 0 aliphatic rings. The Morgan fingerprint density at radius 3 is 2.64 bits per heavy atom. The van der Waals surface area contributed by atoms with Crippen LogP contribution in [0.5, 0.6) is 5.75 Å². The Morgan fingerprint density at radius 2 is 2.00 bits per heavy atom. The number of ether oxygens (including phenoxy) is 1. The van der Waals surface area contributed by atoms with Crippen LogP contribution in [0.2, 0.25) is 5.02 Å². The highest BCUT2D eigenvalue weighted by atomic mass is 35.5. The van der Waals surface area contributed by atoms with Gasteiger partial charge in [-0.3, -0.25) is 5.32 Å². The van der Waals surface area contributed by atoms with Crippen molar-refractivity contribution in [2.75, 3.05) is 12.0 Å². The van der Waals surface area contributed by atoms with Crippen molar-refractivity contribution in [3.8, 4) is 5.75 Å². The van der Waals surface area contributed by atoms with Gasteiger partial charge < -0.3 is 10.1 Å². The molecule has 0 aliphatic heterocycles. The van der Waals surface area contributed by atoms with Crippen LogP contribution >= 0.6 is 11.6 Å². The van der Waals surface area contributed by atoms with E-state index in [1.54, 1.807) is 12.1 Å². The Hall–Kier alpha value is -2.27. The van der Waals surface area contributed by atoms with E-state index in [4.69, 9.17) is 16.3 Å². The zero-order valence-electron chi connectivity index (χ0n) is 12.3. The van der Waals surface area contributed by atoms with Gasteiger partial charge in [0.2, 0.25) is 0 Å². The molecule has 22 heavy (non-hydrogen) atoms. The van der Waals surface area contributed by atoms with Crippen LogP contribution in [0, 0.1) is 0 Å². The second kappa shape index (κ2) is 8.24. The minimum Gasteiger partial charge on any atom is -0.473 e. The monoisotopic (exact) mass is 319 g/mol. The molecule has 0 spiro atoms. The molecule has 0 aliphatic carbocycles. The van der Waals surface area contributed by atoms with Gasteiger partial charge in [0, 0.05) is 6.20 Å². The Labute approximate surface area is 134 Å². The maximum Gasteiger partial charge on any atom is 0.323 e. The molecule has 2 N–H and O–H groups in total. The third-order valence-electron chi connectivity index (χ3n) is 2.90. The fourth-order valence-electron chi connectivity index (χ4n) is 1.84. The van der Waals surface area contributed by atoms with Gasteiger partial charge in [-0.25, -0.2) is 9.78 Å². The SMILES string of the molecule is CCCc1ccc(OCNC(=O)Nc2ccc(Cl)cn2)cc1. The van der Waals surface area contributed by atoms with E-state index in [1.807, 2.05) is 24.3 Å². The van der Waals surface area contributed by atoms with Crippen LogP contribution in [-0.4, -0.2) is 17.7 Å². The highest BCUT2D eigenvalue weighted by Crippen LogP contribution is 2.13. The summed E-state index contributed by atoms with van der Waals surface area (Å²) in [5.74, 6) is 1.13. The summed E-state index contributed by atoms with van der Waals surface area (Å²) >= 11 is 5.72. The van der Waals surface area contributed by atoms with Crippen molar-refractivity contribution < 1.29 is 9.53 Å². The predicted octanol–water partition coefficient (Wildman–Crippen LogP) is 3.85. The summed E-state index contributed by atoms with van der Waals surface area (Å²) in [5.41, 5.74) is 1.27. The van der Waals surface area contributed by atoms with E-state index in [1.165, 1.54) is 11.8 Å². The summed E-state index contributed by atoms with van der Waals surface area (Å²) in [5, 5.41) is 5.68. The molecule has 2 aromatic rings. The first-order chi connectivity index (χ1) is 10.7. The molecule has 0 radical (unpaired) electrons. The first-order valence-corrected chi connectivity index (χ1v) is 7.43. The Bertz CT molecular complexity index is 600. The fraction of sp³-hybridized carbons (Fsp3) is 0.250. The maximum atomic E-state index is 11.7. The lowest BCUT2D eigenvalue weighted by molar-refractivity contribution is 0.234. The third-order valence-corrected chi connectivity index (χ3v) is 3.13. The van der Waals surface area contributed by atoms with Gasteiger partial charge in [0.05, 0.1) is 5.02 Å². The largest absolute Gasteiger partial charge is 0.473 e. The number of aryl methyl sites for hydroxylation is 1. The molecule has 0 saturated carbocycles. The average molecular weight is 320 g/mol. The first kappa shape index (κ1) is 16.1. The molecule has 1 heterocycles. The highest BCUT2D eigenvalue weighted by molar-refractivity contribution is 6.30. The van der Waals surface area contributed by atoms with Gasteiger partial charge in [-0.1, -0.05) is 37.1 Å². The summed E-state index contributed by atoms with van der Waals surface area (Å²) in [7, 11) is 0. The van der Waals surface area contributed by atoms with Crippen LogP contribution in [0.3, 0.4) is 0 Å². The molecule has 5 nitrogen and oxygen atoms in total. The van der Waals surface area contributed by atoms with Crippen LogP contribution in [0.1, 0.15) is 18.9 Å². The van der Waals surface area contributed by atoms with Crippen LogP contribution in [0.25, 0.3) is 0 Å². The topological polar surface area (TPSA) is 63.2 Å². The number of nitrogens with zero attached hydrogens (tertiary/aromatic N) is 1. The lowest BCUT2D eigenvalue weighted by atomic mass is 10.1. The Balaban J connectivity index is 1.73. The van der Waals surface area contributed by atoms with Gasteiger partial charge in [0.1, 0.15) is 11.6 Å². The van der Waals surface area contributed by atoms with Crippen molar-refractivity contribution in [1.82, 2.24) is 10.3 Å². The number of benzene rings is 1. The smallest absolute Gasteiger partial charge is 0.323 e. The van der Waals surface area contributed by atoms with Crippen LogP contribution < -0.4 is 15.4 Å². The van der Waals surface area contributed by atoms with Gasteiger partial charge in [-0.15, -0.1) is 0 Å². The van der Waals surface area contributed by atoms with Crippen molar-refractivity contribution in [3.63, 3.8) is 0 Å². The number of hydrogen-bond acceptors (Lipinski definition) is 3. The number of carbonyl (C=O) groups excluding carboxylic acids is 1. The van der Waals surface area contributed by atoms with E-state index >= 15 is 0 Å². The van der Waals surface area contributed by atoms with Gasteiger partial charge in [-0.05, 0) is 36.2 Å². The number of pyridine rings is 1. The quantitative estimate of drug-likeness (QED) is 0.795. The van der Waals surface area contributed by atoms with Gasteiger partial charge in [-0.2, -0.15) is 0 Å². The summed E-state index contributed by atoms with van der Waals surface area (Å²) in [6, 6.07) is 10.7. The molecule has 0 atom stereocenters. The second-order valence-corrected chi connectivity index (χ2v) is 5.11. The number of anilines is 1. The zero-order valence-corrected chi connectivity index (χ0v) is 13.1. The van der Waals surface area contributed by atoms with Crippen molar-refractivity contribution >= 4 is 23.4 Å². The number of nitrogens with one attached hydrogen (secondary N) is 2. The predicted molar refractivity (Wildman–Crippen MR) is 87.3 cm³/mol. The van der Waals surface area contributed by atoms with Crippen molar-refractivity contribution in [3.05, 3.63) is 53.2 Å². The summed E-state index contributed by atoms with van der Waals surface area (Å²) in [6.45, 7) is 2.22. The van der Waals surface area contributed by atoms with E-state index in [2.05, 4.69) is 22.5 Å². The van der Waals surface area contributed by atoms with Crippen molar-refractivity contribution in [2.24, 2.45) is 0 Å². The molecule has 0 bridgehead atoms. The lowest BCUT2D eigenvalue weighted by Gasteiger charge is -2.09. The number of hydrogen-bond donors (Lipinski definition) is 2. The maximum absolute atomic E-state index is 11.7. The molecular formula is C16H18ClN3O2. The number of aromatic nitrogens is 1. The Morgan fingerprint density at radius 1 is 1.23 bits per heavy atom. The van der Waals surface area contributed by atoms with Crippen LogP contribution in [0.15, 0.2) is 42.6 Å². The molecular weight excluding hydrogens is 302 g/mol. The van der Waals surface area contributed by atoms with Crippen molar-refractivity contribution in [2.45, 2.75) is 19.8 Å². The van der Waals surface area contributed by atoms with E-state index < -0.39 is 6.03 Å². The molecule has 2 rings (SSSR count). The fourth-order valence-corrected chi connectivity index (χ4v) is 1.95. The minimum absolute atomic E-state index is 0.0759. The van der Waals surface area contributed by atoms with E-state index in [0.29, 0.717) is 16.6 Å².